The second kappa shape index (κ2) is 12.0. The number of pyridine rings is 1. The van der Waals surface area contributed by atoms with Crippen molar-refractivity contribution in [2.24, 2.45) is 4.99 Å². The van der Waals surface area contributed by atoms with Gasteiger partial charge in [-0.05, 0) is 50.1 Å². The Kier molecular flexibility index (Phi) is 9.77. The lowest BCUT2D eigenvalue weighted by molar-refractivity contribution is 0.318. The van der Waals surface area contributed by atoms with Crippen LogP contribution in [-0.4, -0.2) is 48.3 Å². The SMILES string of the molecule is CCNC(=NCc1ccc(O)c(OCC)c1)NC1CCN(c2ncccc2Cl)C1.I. The predicted molar refractivity (Wildman–Crippen MR) is 133 cm³/mol. The number of nitrogens with one attached hydrogen (secondary N) is 2. The van der Waals surface area contributed by atoms with Crippen LogP contribution in [0.4, 0.5) is 5.82 Å². The van der Waals surface area contributed by atoms with Crippen molar-refractivity contribution in [3.05, 3.63) is 47.1 Å². The highest BCUT2D eigenvalue weighted by molar-refractivity contribution is 14.0. The molecule has 2 aromatic rings. The number of hydrogen-bond donors (Lipinski definition) is 3. The lowest BCUT2D eigenvalue weighted by atomic mass is 10.2. The molecule has 1 aromatic carbocycles. The van der Waals surface area contributed by atoms with Gasteiger partial charge in [-0.15, -0.1) is 24.0 Å². The number of aromatic nitrogens is 1. The summed E-state index contributed by atoms with van der Waals surface area (Å²) in [4.78, 5) is 11.3. The Morgan fingerprint density at radius 3 is 2.93 bits per heavy atom. The third-order valence-corrected chi connectivity index (χ3v) is 4.95. The summed E-state index contributed by atoms with van der Waals surface area (Å²) in [5, 5.41) is 17.3. The molecule has 0 aliphatic carbocycles. The zero-order chi connectivity index (χ0) is 20.6. The van der Waals surface area contributed by atoms with Crippen LogP contribution in [0.15, 0.2) is 41.5 Å². The molecule has 7 nitrogen and oxygen atoms in total. The minimum atomic E-state index is 0. The van der Waals surface area contributed by atoms with E-state index in [1.807, 2.05) is 38.1 Å². The van der Waals surface area contributed by atoms with E-state index in [0.29, 0.717) is 23.9 Å². The lowest BCUT2D eigenvalue weighted by Crippen LogP contribution is -2.44. The molecule has 1 unspecified atom stereocenters. The van der Waals surface area contributed by atoms with Crippen LogP contribution >= 0.6 is 35.6 Å². The molecule has 1 aliphatic heterocycles. The summed E-state index contributed by atoms with van der Waals surface area (Å²) in [6, 6.07) is 9.28. The summed E-state index contributed by atoms with van der Waals surface area (Å²) in [5.41, 5.74) is 0.969. The molecule has 164 valence electrons. The maximum absolute atomic E-state index is 9.85. The molecule has 0 amide bonds. The smallest absolute Gasteiger partial charge is 0.191 e. The molecule has 1 saturated heterocycles. The Morgan fingerprint density at radius 1 is 1.37 bits per heavy atom. The first kappa shape index (κ1) is 24.3. The number of halogens is 2. The number of aliphatic imine (C=N–C) groups is 1. The number of rotatable bonds is 7. The quantitative estimate of drug-likeness (QED) is 0.279. The third kappa shape index (κ3) is 6.53. The van der Waals surface area contributed by atoms with Crippen molar-refractivity contribution >= 4 is 47.4 Å². The van der Waals surface area contributed by atoms with Crippen molar-refractivity contribution in [1.29, 1.82) is 0 Å². The number of hydrogen-bond acceptors (Lipinski definition) is 5. The normalized spacial score (nSPS) is 16.2. The van der Waals surface area contributed by atoms with Crippen LogP contribution in [0.25, 0.3) is 0 Å². The number of guanidine groups is 1. The molecule has 1 atom stereocenters. The maximum Gasteiger partial charge on any atom is 0.191 e. The first-order chi connectivity index (χ1) is 14.1. The number of aromatic hydroxyl groups is 1. The summed E-state index contributed by atoms with van der Waals surface area (Å²) in [6.07, 6.45) is 2.74. The van der Waals surface area contributed by atoms with Gasteiger partial charge in [0.15, 0.2) is 17.5 Å². The van der Waals surface area contributed by atoms with Gasteiger partial charge >= 0.3 is 0 Å². The second-order valence-corrected chi connectivity index (χ2v) is 7.22. The van der Waals surface area contributed by atoms with E-state index in [1.54, 1.807) is 12.3 Å². The van der Waals surface area contributed by atoms with Gasteiger partial charge in [0.05, 0.1) is 18.2 Å². The van der Waals surface area contributed by atoms with Gasteiger partial charge < -0.3 is 25.4 Å². The van der Waals surface area contributed by atoms with E-state index in [-0.39, 0.29) is 35.8 Å². The fourth-order valence-corrected chi connectivity index (χ4v) is 3.53. The van der Waals surface area contributed by atoms with E-state index < -0.39 is 0 Å². The van der Waals surface area contributed by atoms with Crippen molar-refractivity contribution < 1.29 is 9.84 Å². The largest absolute Gasteiger partial charge is 0.504 e. The number of anilines is 1. The Hall–Kier alpha value is -1.94. The minimum absolute atomic E-state index is 0. The van der Waals surface area contributed by atoms with Crippen LogP contribution < -0.4 is 20.3 Å². The molecule has 0 saturated carbocycles. The van der Waals surface area contributed by atoms with Gasteiger partial charge in [-0.25, -0.2) is 9.98 Å². The molecule has 1 fully saturated rings. The summed E-state index contributed by atoms with van der Waals surface area (Å²) >= 11 is 6.28. The van der Waals surface area contributed by atoms with Crippen LogP contribution in [0, 0.1) is 0 Å². The van der Waals surface area contributed by atoms with Crippen LogP contribution in [0.3, 0.4) is 0 Å². The van der Waals surface area contributed by atoms with E-state index in [9.17, 15) is 5.11 Å². The van der Waals surface area contributed by atoms with Gasteiger partial charge in [-0.3, -0.25) is 0 Å². The third-order valence-electron chi connectivity index (χ3n) is 4.66. The average molecular weight is 546 g/mol. The van der Waals surface area contributed by atoms with E-state index in [1.165, 1.54) is 0 Å². The van der Waals surface area contributed by atoms with Crippen LogP contribution in [0.1, 0.15) is 25.8 Å². The Labute approximate surface area is 199 Å². The lowest BCUT2D eigenvalue weighted by Gasteiger charge is -2.20. The molecule has 0 bridgehead atoms. The van der Waals surface area contributed by atoms with Gasteiger partial charge in [0.25, 0.3) is 0 Å². The zero-order valence-electron chi connectivity index (χ0n) is 17.3. The fourth-order valence-electron chi connectivity index (χ4n) is 3.29. The van der Waals surface area contributed by atoms with Crippen LogP contribution in [0.2, 0.25) is 5.02 Å². The summed E-state index contributed by atoms with van der Waals surface area (Å²) < 4.78 is 5.45. The highest BCUT2D eigenvalue weighted by Gasteiger charge is 2.25. The summed E-state index contributed by atoms with van der Waals surface area (Å²) in [7, 11) is 0. The van der Waals surface area contributed by atoms with Crippen LogP contribution in [0.5, 0.6) is 11.5 Å². The average Bonchev–Trinajstić information content (AvgIpc) is 3.17. The van der Waals surface area contributed by atoms with Gasteiger partial charge in [-0.2, -0.15) is 0 Å². The van der Waals surface area contributed by atoms with Crippen molar-refractivity contribution in [1.82, 2.24) is 15.6 Å². The fraction of sp³-hybridized carbons (Fsp3) is 0.429. The number of benzene rings is 1. The molecule has 3 rings (SSSR count). The summed E-state index contributed by atoms with van der Waals surface area (Å²) in [6.45, 7) is 7.40. The van der Waals surface area contributed by atoms with E-state index in [0.717, 1.165) is 43.4 Å². The molecule has 2 heterocycles. The molecule has 1 aromatic heterocycles. The highest BCUT2D eigenvalue weighted by Crippen LogP contribution is 2.27. The minimum Gasteiger partial charge on any atom is -0.504 e. The molecule has 3 N–H and O–H groups in total. The molecule has 0 radical (unpaired) electrons. The second-order valence-electron chi connectivity index (χ2n) is 6.82. The number of phenolic OH excluding ortho intramolecular Hbond substituents is 1. The number of phenols is 1. The Balaban J connectivity index is 0.00000320. The first-order valence-corrected chi connectivity index (χ1v) is 10.3. The number of ether oxygens (including phenoxy) is 1. The molecule has 9 heteroatoms. The van der Waals surface area contributed by atoms with Crippen molar-refractivity contribution in [3.63, 3.8) is 0 Å². The standard InChI is InChI=1S/C21H28ClN5O2.HI/c1-3-23-21(25-13-15-7-8-18(28)19(12-15)29-4-2)26-16-9-11-27(14-16)20-17(22)6-5-10-24-20;/h5-8,10,12,16,28H,3-4,9,11,13-14H2,1-2H3,(H2,23,25,26);1H. The summed E-state index contributed by atoms with van der Waals surface area (Å²) in [5.74, 6) is 2.21. The molecular weight excluding hydrogens is 517 g/mol. The first-order valence-electron chi connectivity index (χ1n) is 9.95. The van der Waals surface area contributed by atoms with Crippen molar-refractivity contribution in [3.8, 4) is 11.5 Å². The highest BCUT2D eigenvalue weighted by atomic mass is 127. The molecule has 1 aliphatic rings. The maximum atomic E-state index is 9.85. The van der Waals surface area contributed by atoms with Crippen molar-refractivity contribution in [2.75, 3.05) is 31.1 Å². The predicted octanol–water partition coefficient (Wildman–Crippen LogP) is 3.79. The molecular formula is C21H29ClIN5O2. The molecule has 30 heavy (non-hydrogen) atoms. The van der Waals surface area contributed by atoms with Gasteiger partial charge in [0.1, 0.15) is 5.82 Å². The van der Waals surface area contributed by atoms with E-state index in [2.05, 4.69) is 20.5 Å². The topological polar surface area (TPSA) is 82.0 Å². The monoisotopic (exact) mass is 545 g/mol. The zero-order valence-corrected chi connectivity index (χ0v) is 20.4. The van der Waals surface area contributed by atoms with Gasteiger partial charge in [-0.1, -0.05) is 17.7 Å². The van der Waals surface area contributed by atoms with Crippen LogP contribution in [-0.2, 0) is 6.54 Å². The number of nitrogens with zero attached hydrogens (tertiary/aromatic N) is 3. The van der Waals surface area contributed by atoms with E-state index in [4.69, 9.17) is 21.3 Å². The van der Waals surface area contributed by atoms with Crippen molar-refractivity contribution in [2.45, 2.75) is 32.9 Å². The Bertz CT molecular complexity index is 852. The Morgan fingerprint density at radius 2 is 2.20 bits per heavy atom. The van der Waals surface area contributed by atoms with E-state index >= 15 is 0 Å². The molecule has 0 spiro atoms. The van der Waals surface area contributed by atoms with Gasteiger partial charge in [0.2, 0.25) is 0 Å². The van der Waals surface area contributed by atoms with Gasteiger partial charge in [0, 0.05) is 31.9 Å².